The molecule has 25 heavy (non-hydrogen) atoms. The van der Waals surface area contributed by atoms with E-state index < -0.39 is 5.41 Å². The molecule has 0 unspecified atom stereocenters. The summed E-state index contributed by atoms with van der Waals surface area (Å²) in [4.78, 5) is 27.2. The number of ether oxygens (including phenoxy) is 1. The Morgan fingerprint density at radius 2 is 1.96 bits per heavy atom. The first-order valence-corrected chi connectivity index (χ1v) is 8.57. The first-order chi connectivity index (χ1) is 12.1. The summed E-state index contributed by atoms with van der Waals surface area (Å²) in [6, 6.07) is 14.9. The maximum absolute atomic E-state index is 12.8. The quantitative estimate of drug-likeness (QED) is 0.938. The molecule has 1 spiro atoms. The van der Waals surface area contributed by atoms with Gasteiger partial charge in [-0.05, 0) is 49.2 Å². The Labute approximate surface area is 146 Å². The van der Waals surface area contributed by atoms with Crippen molar-refractivity contribution in [3.8, 4) is 5.75 Å². The molecule has 1 N–H and O–H groups in total. The van der Waals surface area contributed by atoms with Gasteiger partial charge >= 0.3 is 0 Å². The van der Waals surface area contributed by atoms with E-state index in [0.717, 1.165) is 17.0 Å². The first kappa shape index (κ1) is 15.7. The smallest absolute Gasteiger partial charge is 0.253 e. The summed E-state index contributed by atoms with van der Waals surface area (Å²) in [6.45, 7) is 3.51. The van der Waals surface area contributed by atoms with Crippen LogP contribution in [0.15, 0.2) is 48.5 Å². The Balaban J connectivity index is 1.56. The van der Waals surface area contributed by atoms with Gasteiger partial charge in [-0.1, -0.05) is 18.2 Å². The largest absolute Gasteiger partial charge is 0.494 e. The van der Waals surface area contributed by atoms with Gasteiger partial charge in [0, 0.05) is 24.3 Å². The molecule has 1 fully saturated rings. The number of carbonyl (C=O) groups excluding carboxylic acids is 2. The van der Waals surface area contributed by atoms with E-state index in [4.69, 9.17) is 4.74 Å². The van der Waals surface area contributed by atoms with Gasteiger partial charge in [0.15, 0.2) is 0 Å². The topological polar surface area (TPSA) is 58.6 Å². The van der Waals surface area contributed by atoms with Crippen LogP contribution in [0.2, 0.25) is 0 Å². The van der Waals surface area contributed by atoms with Gasteiger partial charge < -0.3 is 15.0 Å². The third kappa shape index (κ3) is 2.47. The molecule has 2 aromatic rings. The molecule has 5 heteroatoms. The van der Waals surface area contributed by atoms with Gasteiger partial charge in [-0.15, -0.1) is 0 Å². The zero-order valence-electron chi connectivity index (χ0n) is 14.1. The van der Waals surface area contributed by atoms with Crippen molar-refractivity contribution in [3.05, 3.63) is 59.7 Å². The standard InChI is InChI=1S/C20H20N2O3/c1-2-25-15-9-7-14(8-10-15)18(23)22-12-11-20(13-22)16-5-3-4-6-17(16)21-19(20)24/h3-10H,2,11-13H2,1H3,(H,21,24)/t20-/m0/s1. The number of nitrogens with zero attached hydrogens (tertiary/aromatic N) is 1. The fourth-order valence-corrected chi connectivity index (χ4v) is 3.80. The first-order valence-electron chi connectivity index (χ1n) is 8.57. The van der Waals surface area contributed by atoms with Crippen LogP contribution >= 0.6 is 0 Å². The van der Waals surface area contributed by atoms with Crippen molar-refractivity contribution in [1.82, 2.24) is 4.90 Å². The van der Waals surface area contributed by atoms with Crippen LogP contribution in [0.25, 0.3) is 0 Å². The molecule has 128 valence electrons. The zero-order valence-corrected chi connectivity index (χ0v) is 14.1. The second-order valence-electron chi connectivity index (χ2n) is 6.52. The summed E-state index contributed by atoms with van der Waals surface area (Å²) in [5.74, 6) is 0.703. The van der Waals surface area contributed by atoms with Crippen molar-refractivity contribution in [2.45, 2.75) is 18.8 Å². The predicted octanol–water partition coefficient (Wildman–Crippen LogP) is 2.82. The van der Waals surface area contributed by atoms with E-state index in [0.29, 0.717) is 31.7 Å². The van der Waals surface area contributed by atoms with Crippen molar-refractivity contribution >= 4 is 17.5 Å². The summed E-state index contributed by atoms with van der Waals surface area (Å²) in [5, 5.41) is 2.96. The van der Waals surface area contributed by atoms with Gasteiger partial charge in [0.25, 0.3) is 5.91 Å². The number of benzene rings is 2. The van der Waals surface area contributed by atoms with Crippen LogP contribution in [-0.4, -0.2) is 36.4 Å². The Morgan fingerprint density at radius 1 is 1.20 bits per heavy atom. The fourth-order valence-electron chi connectivity index (χ4n) is 3.80. The molecule has 1 saturated heterocycles. The lowest BCUT2D eigenvalue weighted by Gasteiger charge is -2.22. The predicted molar refractivity (Wildman–Crippen MR) is 94.9 cm³/mol. The Morgan fingerprint density at radius 3 is 2.72 bits per heavy atom. The number of hydrogen-bond donors (Lipinski definition) is 1. The molecule has 2 amide bonds. The SMILES string of the molecule is CCOc1ccc(C(=O)N2CC[C@@]3(C2)C(=O)Nc2ccccc23)cc1. The number of anilines is 1. The van der Waals surface area contributed by atoms with Gasteiger partial charge in [-0.25, -0.2) is 0 Å². The number of rotatable bonds is 3. The Bertz CT molecular complexity index is 831. The number of likely N-dealkylation sites (tertiary alicyclic amines) is 1. The van der Waals surface area contributed by atoms with E-state index in [2.05, 4.69) is 5.32 Å². The van der Waals surface area contributed by atoms with Gasteiger partial charge in [-0.3, -0.25) is 9.59 Å². The molecular weight excluding hydrogens is 316 g/mol. The van der Waals surface area contributed by atoms with Crippen molar-refractivity contribution in [2.75, 3.05) is 25.0 Å². The molecular formula is C20H20N2O3. The monoisotopic (exact) mass is 336 g/mol. The highest BCUT2D eigenvalue weighted by Crippen LogP contribution is 2.44. The lowest BCUT2D eigenvalue weighted by molar-refractivity contribution is -0.120. The maximum Gasteiger partial charge on any atom is 0.253 e. The lowest BCUT2D eigenvalue weighted by atomic mass is 9.81. The summed E-state index contributed by atoms with van der Waals surface area (Å²) < 4.78 is 5.42. The molecule has 0 aliphatic carbocycles. The molecule has 0 radical (unpaired) electrons. The van der Waals surface area contributed by atoms with E-state index in [1.54, 1.807) is 29.2 Å². The summed E-state index contributed by atoms with van der Waals surface area (Å²) >= 11 is 0. The van der Waals surface area contributed by atoms with Crippen molar-refractivity contribution < 1.29 is 14.3 Å². The highest BCUT2D eigenvalue weighted by atomic mass is 16.5. The second kappa shape index (κ2) is 5.92. The fraction of sp³-hybridized carbons (Fsp3) is 0.300. The molecule has 0 bridgehead atoms. The molecule has 2 aliphatic rings. The highest BCUT2D eigenvalue weighted by Gasteiger charge is 2.51. The minimum absolute atomic E-state index is 0.00399. The average molecular weight is 336 g/mol. The third-order valence-corrected chi connectivity index (χ3v) is 5.09. The van der Waals surface area contributed by atoms with Crippen LogP contribution in [0.1, 0.15) is 29.3 Å². The number of para-hydroxylation sites is 1. The number of hydrogen-bond acceptors (Lipinski definition) is 3. The molecule has 0 saturated carbocycles. The number of fused-ring (bicyclic) bond motifs is 2. The number of amides is 2. The summed E-state index contributed by atoms with van der Waals surface area (Å²) in [5.41, 5.74) is 1.87. The third-order valence-electron chi connectivity index (χ3n) is 5.09. The minimum Gasteiger partial charge on any atom is -0.494 e. The van der Waals surface area contributed by atoms with Gasteiger partial charge in [0.1, 0.15) is 5.75 Å². The minimum atomic E-state index is -0.614. The number of carbonyl (C=O) groups is 2. The molecule has 2 aliphatic heterocycles. The van der Waals surface area contributed by atoms with Crippen LogP contribution in [0.3, 0.4) is 0 Å². The van der Waals surface area contributed by atoms with Gasteiger partial charge in [0.2, 0.25) is 5.91 Å². The van der Waals surface area contributed by atoms with E-state index in [1.807, 2.05) is 31.2 Å². The van der Waals surface area contributed by atoms with Crippen LogP contribution in [0.5, 0.6) is 5.75 Å². The normalized spacial score (nSPS) is 21.3. The molecule has 5 nitrogen and oxygen atoms in total. The Hall–Kier alpha value is -2.82. The maximum atomic E-state index is 12.8. The van der Waals surface area contributed by atoms with E-state index in [1.165, 1.54) is 0 Å². The zero-order chi connectivity index (χ0) is 17.4. The summed E-state index contributed by atoms with van der Waals surface area (Å²) in [6.07, 6.45) is 0.651. The highest BCUT2D eigenvalue weighted by molar-refractivity contribution is 6.07. The Kier molecular flexibility index (Phi) is 3.71. The van der Waals surface area contributed by atoms with E-state index in [-0.39, 0.29) is 11.8 Å². The van der Waals surface area contributed by atoms with E-state index >= 15 is 0 Å². The molecule has 2 heterocycles. The van der Waals surface area contributed by atoms with Crippen LogP contribution in [-0.2, 0) is 10.2 Å². The average Bonchev–Trinajstić information content (AvgIpc) is 3.19. The number of nitrogens with one attached hydrogen (secondary N) is 1. The molecule has 1 atom stereocenters. The molecule has 2 aromatic carbocycles. The molecule has 0 aromatic heterocycles. The lowest BCUT2D eigenvalue weighted by Crippen LogP contribution is -2.39. The van der Waals surface area contributed by atoms with Crippen molar-refractivity contribution in [1.29, 1.82) is 0 Å². The van der Waals surface area contributed by atoms with Crippen LogP contribution in [0, 0.1) is 0 Å². The van der Waals surface area contributed by atoms with Gasteiger partial charge in [0.05, 0.1) is 12.0 Å². The van der Waals surface area contributed by atoms with Gasteiger partial charge in [-0.2, -0.15) is 0 Å². The van der Waals surface area contributed by atoms with Crippen LogP contribution < -0.4 is 10.1 Å². The van der Waals surface area contributed by atoms with Crippen molar-refractivity contribution in [2.24, 2.45) is 0 Å². The molecule has 4 rings (SSSR count). The van der Waals surface area contributed by atoms with E-state index in [9.17, 15) is 9.59 Å². The van der Waals surface area contributed by atoms with Crippen LogP contribution in [0.4, 0.5) is 5.69 Å². The summed E-state index contributed by atoms with van der Waals surface area (Å²) in [7, 11) is 0. The van der Waals surface area contributed by atoms with Crippen molar-refractivity contribution in [3.63, 3.8) is 0 Å². The second-order valence-corrected chi connectivity index (χ2v) is 6.52.